The van der Waals surface area contributed by atoms with Crippen molar-refractivity contribution in [1.29, 1.82) is 0 Å². The summed E-state index contributed by atoms with van der Waals surface area (Å²) in [5, 5.41) is 7.89. The highest BCUT2D eigenvalue weighted by Gasteiger charge is 2.06. The van der Waals surface area contributed by atoms with Crippen molar-refractivity contribution in [2.45, 2.75) is 19.5 Å². The van der Waals surface area contributed by atoms with E-state index in [0.29, 0.717) is 0 Å². The van der Waals surface area contributed by atoms with Gasteiger partial charge in [-0.1, -0.05) is 24.3 Å². The van der Waals surface area contributed by atoms with Crippen molar-refractivity contribution in [3.05, 3.63) is 78.4 Å². The molecule has 2 aromatic heterocycles. The molecule has 0 amide bonds. The van der Waals surface area contributed by atoms with Crippen molar-refractivity contribution in [1.82, 2.24) is 20.1 Å². The Morgan fingerprint density at radius 1 is 1.10 bits per heavy atom. The van der Waals surface area contributed by atoms with Gasteiger partial charge in [0.2, 0.25) is 0 Å². The zero-order valence-electron chi connectivity index (χ0n) is 12.0. The Morgan fingerprint density at radius 3 is 2.71 bits per heavy atom. The Kier molecular flexibility index (Phi) is 4.07. The minimum absolute atomic E-state index is 0.263. The van der Waals surface area contributed by atoms with Gasteiger partial charge in [0.15, 0.2) is 0 Å². The number of rotatable bonds is 5. The number of nitrogens with one attached hydrogen (secondary N) is 1. The van der Waals surface area contributed by atoms with Crippen LogP contribution in [0.5, 0.6) is 0 Å². The third kappa shape index (κ3) is 3.35. The second kappa shape index (κ2) is 6.33. The van der Waals surface area contributed by atoms with Crippen LogP contribution in [0.3, 0.4) is 0 Å². The van der Waals surface area contributed by atoms with Crippen LogP contribution < -0.4 is 5.32 Å². The molecule has 4 heteroatoms. The van der Waals surface area contributed by atoms with E-state index in [1.165, 1.54) is 5.56 Å². The summed E-state index contributed by atoms with van der Waals surface area (Å²) in [4.78, 5) is 4.15. The van der Waals surface area contributed by atoms with Gasteiger partial charge in [0.25, 0.3) is 0 Å². The molecule has 3 rings (SSSR count). The van der Waals surface area contributed by atoms with Crippen LogP contribution in [0.15, 0.2) is 67.3 Å². The number of benzene rings is 1. The van der Waals surface area contributed by atoms with Crippen LogP contribution in [0.4, 0.5) is 0 Å². The lowest BCUT2D eigenvalue weighted by Gasteiger charge is -2.12. The molecule has 0 bridgehead atoms. The minimum atomic E-state index is 0.263. The molecule has 0 saturated heterocycles. The second-order valence-corrected chi connectivity index (χ2v) is 5.02. The summed E-state index contributed by atoms with van der Waals surface area (Å²) in [5.74, 6) is 0. The van der Waals surface area contributed by atoms with Crippen molar-refractivity contribution in [3.63, 3.8) is 0 Å². The van der Waals surface area contributed by atoms with E-state index in [9.17, 15) is 0 Å². The topological polar surface area (TPSA) is 42.7 Å². The Labute approximate surface area is 124 Å². The maximum Gasteiger partial charge on any atom is 0.0645 e. The van der Waals surface area contributed by atoms with Crippen LogP contribution in [-0.2, 0) is 6.54 Å². The molecule has 0 radical (unpaired) electrons. The molecule has 0 unspecified atom stereocenters. The smallest absolute Gasteiger partial charge is 0.0645 e. The summed E-state index contributed by atoms with van der Waals surface area (Å²) in [7, 11) is 0. The molecule has 21 heavy (non-hydrogen) atoms. The van der Waals surface area contributed by atoms with E-state index in [2.05, 4.69) is 34.6 Å². The first kappa shape index (κ1) is 13.5. The molecule has 0 aliphatic heterocycles. The monoisotopic (exact) mass is 278 g/mol. The van der Waals surface area contributed by atoms with Gasteiger partial charge in [-0.15, -0.1) is 0 Å². The molecule has 0 fully saturated rings. The van der Waals surface area contributed by atoms with E-state index in [4.69, 9.17) is 0 Å². The lowest BCUT2D eigenvalue weighted by atomic mass is 10.1. The predicted octanol–water partition coefficient (Wildman–Crippen LogP) is 3.12. The SMILES string of the molecule is C[C@@H](NCc1cnn(-c2ccccc2)c1)c1cccnc1. The van der Waals surface area contributed by atoms with Crippen LogP contribution in [-0.4, -0.2) is 14.8 Å². The van der Waals surface area contributed by atoms with Gasteiger partial charge in [-0.05, 0) is 30.7 Å². The van der Waals surface area contributed by atoms with E-state index in [1.54, 1.807) is 6.20 Å². The van der Waals surface area contributed by atoms with Crippen LogP contribution in [0.2, 0.25) is 0 Å². The summed E-state index contributed by atoms with van der Waals surface area (Å²) in [6.07, 6.45) is 7.64. The van der Waals surface area contributed by atoms with Crippen molar-refractivity contribution in [3.8, 4) is 5.69 Å². The van der Waals surface area contributed by atoms with E-state index >= 15 is 0 Å². The van der Waals surface area contributed by atoms with Crippen molar-refractivity contribution >= 4 is 0 Å². The average Bonchev–Trinajstić information content (AvgIpc) is 3.03. The van der Waals surface area contributed by atoms with Gasteiger partial charge >= 0.3 is 0 Å². The third-order valence-corrected chi connectivity index (χ3v) is 3.45. The number of pyridine rings is 1. The van der Waals surface area contributed by atoms with Crippen LogP contribution in [0.25, 0.3) is 5.69 Å². The van der Waals surface area contributed by atoms with E-state index in [0.717, 1.165) is 17.8 Å². The van der Waals surface area contributed by atoms with Gasteiger partial charge in [-0.2, -0.15) is 5.10 Å². The maximum absolute atomic E-state index is 4.40. The van der Waals surface area contributed by atoms with Gasteiger partial charge in [-0.25, -0.2) is 4.68 Å². The number of hydrogen-bond donors (Lipinski definition) is 1. The number of aromatic nitrogens is 3. The molecule has 0 aliphatic rings. The summed E-state index contributed by atoms with van der Waals surface area (Å²) in [6.45, 7) is 2.92. The van der Waals surface area contributed by atoms with Crippen molar-refractivity contribution in [2.75, 3.05) is 0 Å². The molecule has 2 heterocycles. The lowest BCUT2D eigenvalue weighted by Crippen LogP contribution is -2.17. The lowest BCUT2D eigenvalue weighted by molar-refractivity contribution is 0.573. The summed E-state index contributed by atoms with van der Waals surface area (Å²) < 4.78 is 1.89. The largest absolute Gasteiger partial charge is 0.306 e. The Hall–Kier alpha value is -2.46. The fourth-order valence-electron chi connectivity index (χ4n) is 2.19. The molecule has 0 aliphatic carbocycles. The van der Waals surface area contributed by atoms with E-state index in [1.807, 2.05) is 53.5 Å². The molecule has 3 aromatic rings. The summed E-state index contributed by atoms with van der Waals surface area (Å²) in [5.41, 5.74) is 3.42. The molecule has 1 N–H and O–H groups in total. The van der Waals surface area contributed by atoms with Crippen LogP contribution >= 0.6 is 0 Å². The fourth-order valence-corrected chi connectivity index (χ4v) is 2.19. The molecular weight excluding hydrogens is 260 g/mol. The highest BCUT2D eigenvalue weighted by atomic mass is 15.3. The van der Waals surface area contributed by atoms with Gasteiger partial charge in [0.05, 0.1) is 11.9 Å². The van der Waals surface area contributed by atoms with E-state index < -0.39 is 0 Å². The first-order chi connectivity index (χ1) is 10.3. The highest BCUT2D eigenvalue weighted by Crippen LogP contribution is 2.12. The van der Waals surface area contributed by atoms with Crippen molar-refractivity contribution in [2.24, 2.45) is 0 Å². The Balaban J connectivity index is 1.63. The standard InChI is InChI=1S/C17H18N4/c1-14(16-6-5-9-18-12-16)19-10-15-11-20-21(13-15)17-7-3-2-4-8-17/h2-9,11-14,19H,10H2,1H3/t14-/m1/s1. The zero-order valence-corrected chi connectivity index (χ0v) is 12.0. The maximum atomic E-state index is 4.40. The first-order valence-corrected chi connectivity index (χ1v) is 7.05. The Bertz CT molecular complexity index is 676. The number of hydrogen-bond acceptors (Lipinski definition) is 3. The minimum Gasteiger partial charge on any atom is -0.306 e. The summed E-state index contributed by atoms with van der Waals surface area (Å²) >= 11 is 0. The van der Waals surface area contributed by atoms with Crippen molar-refractivity contribution < 1.29 is 0 Å². The number of nitrogens with zero attached hydrogens (tertiary/aromatic N) is 3. The first-order valence-electron chi connectivity index (χ1n) is 7.05. The number of para-hydroxylation sites is 1. The molecule has 1 aromatic carbocycles. The molecule has 4 nitrogen and oxygen atoms in total. The second-order valence-electron chi connectivity index (χ2n) is 5.02. The Morgan fingerprint density at radius 2 is 1.95 bits per heavy atom. The van der Waals surface area contributed by atoms with E-state index in [-0.39, 0.29) is 6.04 Å². The van der Waals surface area contributed by atoms with Gasteiger partial charge in [-0.3, -0.25) is 4.98 Å². The highest BCUT2D eigenvalue weighted by molar-refractivity contribution is 5.30. The molecule has 106 valence electrons. The van der Waals surface area contributed by atoms with Crippen LogP contribution in [0.1, 0.15) is 24.1 Å². The predicted molar refractivity (Wildman–Crippen MR) is 83.1 cm³/mol. The van der Waals surface area contributed by atoms with Gasteiger partial charge in [0.1, 0.15) is 0 Å². The fraction of sp³-hybridized carbons (Fsp3) is 0.176. The zero-order chi connectivity index (χ0) is 14.5. The molecule has 0 saturated carbocycles. The average molecular weight is 278 g/mol. The molecular formula is C17H18N4. The third-order valence-electron chi connectivity index (χ3n) is 3.45. The summed E-state index contributed by atoms with van der Waals surface area (Å²) in [6, 6.07) is 14.4. The quantitative estimate of drug-likeness (QED) is 0.779. The molecule has 0 spiro atoms. The molecule has 1 atom stereocenters. The van der Waals surface area contributed by atoms with Gasteiger partial charge < -0.3 is 5.32 Å². The van der Waals surface area contributed by atoms with Gasteiger partial charge in [0, 0.05) is 36.7 Å². The normalized spacial score (nSPS) is 12.2. The van der Waals surface area contributed by atoms with Crippen LogP contribution in [0, 0.1) is 0 Å².